The van der Waals surface area contributed by atoms with Crippen LogP contribution in [-0.4, -0.2) is 35.6 Å². The number of hydrogen-bond donors (Lipinski definition) is 0. The maximum absolute atomic E-state index is 6.08. The predicted molar refractivity (Wildman–Crippen MR) is 133 cm³/mol. The van der Waals surface area contributed by atoms with Crippen LogP contribution in [0.2, 0.25) is 5.02 Å². The first kappa shape index (κ1) is 22.3. The van der Waals surface area contributed by atoms with Crippen LogP contribution < -0.4 is 0 Å². The van der Waals surface area contributed by atoms with Crippen molar-refractivity contribution in [2.75, 3.05) is 5.75 Å². The summed E-state index contributed by atoms with van der Waals surface area (Å²) in [5, 5.41) is 14.6. The van der Waals surface area contributed by atoms with Crippen molar-refractivity contribution in [2.24, 2.45) is 0 Å². The van der Waals surface area contributed by atoms with Gasteiger partial charge in [-0.3, -0.25) is 9.55 Å². The molecule has 0 unspecified atom stereocenters. The molecule has 170 valence electrons. The molecule has 0 N–H and O–H groups in total. The molecule has 0 aliphatic rings. The average Bonchev–Trinajstić information content (AvgIpc) is 3.51. The van der Waals surface area contributed by atoms with Crippen molar-refractivity contribution >= 4 is 23.4 Å². The highest BCUT2D eigenvalue weighted by molar-refractivity contribution is 7.99. The Kier molecular flexibility index (Phi) is 6.97. The van der Waals surface area contributed by atoms with E-state index in [0.29, 0.717) is 29.7 Å². The monoisotopic (exact) mass is 488 g/mol. The first-order valence-electron chi connectivity index (χ1n) is 10.8. The number of hydrogen-bond acceptors (Lipinski definition) is 7. The minimum absolute atomic E-state index is 0.584. The third kappa shape index (κ3) is 5.35. The third-order valence-electron chi connectivity index (χ3n) is 5.18. The molecule has 0 fully saturated rings. The summed E-state index contributed by atoms with van der Waals surface area (Å²) in [5.74, 6) is 2.88. The molecule has 7 nitrogen and oxygen atoms in total. The van der Waals surface area contributed by atoms with E-state index in [1.165, 1.54) is 5.56 Å². The number of benzene rings is 2. The van der Waals surface area contributed by atoms with E-state index < -0.39 is 0 Å². The Morgan fingerprint density at radius 1 is 0.882 bits per heavy atom. The zero-order valence-corrected chi connectivity index (χ0v) is 19.8. The van der Waals surface area contributed by atoms with E-state index in [9.17, 15) is 0 Å². The minimum atomic E-state index is 0.584. The van der Waals surface area contributed by atoms with E-state index in [1.807, 2.05) is 54.6 Å². The Bertz CT molecular complexity index is 1340. The second-order valence-electron chi connectivity index (χ2n) is 7.58. The van der Waals surface area contributed by atoms with E-state index in [1.54, 1.807) is 24.2 Å². The smallest absolute Gasteiger partial charge is 0.226 e. The molecule has 0 bridgehead atoms. The van der Waals surface area contributed by atoms with E-state index in [2.05, 4.69) is 42.0 Å². The Hall–Kier alpha value is -3.49. The van der Waals surface area contributed by atoms with Gasteiger partial charge in [-0.1, -0.05) is 58.9 Å². The summed E-state index contributed by atoms with van der Waals surface area (Å²) < 4.78 is 7.56. The minimum Gasteiger partial charge on any atom is -0.339 e. The van der Waals surface area contributed by atoms with Crippen LogP contribution in [0.1, 0.15) is 17.9 Å². The van der Waals surface area contributed by atoms with Crippen LogP contribution in [0.25, 0.3) is 22.8 Å². The van der Waals surface area contributed by atoms with Gasteiger partial charge in [-0.15, -0.1) is 10.2 Å². The molecule has 0 aliphatic heterocycles. The molecule has 3 aromatic heterocycles. The second kappa shape index (κ2) is 10.6. The van der Waals surface area contributed by atoms with E-state index >= 15 is 0 Å². The lowest BCUT2D eigenvalue weighted by atomic mass is 10.2. The van der Waals surface area contributed by atoms with Gasteiger partial charge in [0.05, 0.1) is 6.54 Å². The Morgan fingerprint density at radius 3 is 2.47 bits per heavy atom. The molecule has 0 aliphatic carbocycles. The van der Waals surface area contributed by atoms with Gasteiger partial charge in [0, 0.05) is 40.7 Å². The number of thioether (sulfide) groups is 1. The maximum atomic E-state index is 6.08. The molecular formula is C25H21ClN6OS. The number of pyridine rings is 1. The quantitative estimate of drug-likeness (QED) is 0.191. The first-order valence-corrected chi connectivity index (χ1v) is 12.2. The molecule has 9 heteroatoms. The fourth-order valence-corrected chi connectivity index (χ4v) is 4.48. The fraction of sp³-hybridized carbons (Fsp3) is 0.160. The van der Waals surface area contributed by atoms with Crippen LogP contribution in [0, 0.1) is 0 Å². The predicted octanol–water partition coefficient (Wildman–Crippen LogP) is 5.82. The van der Waals surface area contributed by atoms with Crippen molar-refractivity contribution in [1.82, 2.24) is 29.9 Å². The van der Waals surface area contributed by atoms with Crippen LogP contribution in [0.4, 0.5) is 0 Å². The Morgan fingerprint density at radius 2 is 1.68 bits per heavy atom. The molecule has 3 heterocycles. The maximum Gasteiger partial charge on any atom is 0.226 e. The molecule has 0 saturated carbocycles. The number of aromatic nitrogens is 6. The van der Waals surface area contributed by atoms with Crippen molar-refractivity contribution in [3.05, 3.63) is 95.6 Å². The summed E-state index contributed by atoms with van der Waals surface area (Å²) in [5.41, 5.74) is 3.06. The summed E-state index contributed by atoms with van der Waals surface area (Å²) in [7, 11) is 0. The second-order valence-corrected chi connectivity index (χ2v) is 9.08. The zero-order valence-electron chi connectivity index (χ0n) is 18.2. The molecule has 0 spiro atoms. The van der Waals surface area contributed by atoms with Crippen molar-refractivity contribution < 1.29 is 4.52 Å². The molecule has 0 atom stereocenters. The lowest BCUT2D eigenvalue weighted by molar-refractivity contribution is 0.378. The normalized spacial score (nSPS) is 11.1. The van der Waals surface area contributed by atoms with Gasteiger partial charge in [-0.25, -0.2) is 0 Å². The van der Waals surface area contributed by atoms with Gasteiger partial charge in [0.1, 0.15) is 0 Å². The van der Waals surface area contributed by atoms with Gasteiger partial charge >= 0.3 is 0 Å². The standard InChI is InChI=1S/C25H21ClN6OS/c26-21-10-8-20(9-11-21)24-29-30-25(32(24)17-18-5-2-1-3-6-18)34-16-4-7-22-28-23(31-33-22)19-12-14-27-15-13-19/h1-3,5-6,8-15H,4,7,16-17H2. The van der Waals surface area contributed by atoms with E-state index in [-0.39, 0.29) is 0 Å². The Labute approximate surface area is 206 Å². The highest BCUT2D eigenvalue weighted by atomic mass is 35.5. The third-order valence-corrected chi connectivity index (χ3v) is 6.48. The largest absolute Gasteiger partial charge is 0.339 e. The number of rotatable bonds is 9. The summed E-state index contributed by atoms with van der Waals surface area (Å²) in [6, 6.07) is 21.7. The fourth-order valence-electron chi connectivity index (χ4n) is 3.48. The lowest BCUT2D eigenvalue weighted by Crippen LogP contribution is -2.04. The van der Waals surface area contributed by atoms with Crippen LogP contribution in [0.3, 0.4) is 0 Å². The molecule has 0 saturated heterocycles. The highest BCUT2D eigenvalue weighted by Gasteiger charge is 2.15. The zero-order chi connectivity index (χ0) is 23.2. The lowest BCUT2D eigenvalue weighted by Gasteiger charge is -2.10. The van der Waals surface area contributed by atoms with Gasteiger partial charge < -0.3 is 4.52 Å². The number of halogens is 1. The van der Waals surface area contributed by atoms with Crippen LogP contribution in [0.15, 0.2) is 88.8 Å². The van der Waals surface area contributed by atoms with Gasteiger partial charge in [0.2, 0.25) is 11.7 Å². The van der Waals surface area contributed by atoms with Gasteiger partial charge in [-0.2, -0.15) is 4.98 Å². The summed E-state index contributed by atoms with van der Waals surface area (Å²) in [6.07, 6.45) is 5.00. The van der Waals surface area contributed by atoms with Crippen molar-refractivity contribution in [3.63, 3.8) is 0 Å². The number of nitrogens with zero attached hydrogens (tertiary/aromatic N) is 6. The van der Waals surface area contributed by atoms with Gasteiger partial charge in [-0.05, 0) is 48.4 Å². The molecule has 0 amide bonds. The molecule has 5 rings (SSSR count). The van der Waals surface area contributed by atoms with E-state index in [4.69, 9.17) is 16.1 Å². The summed E-state index contributed by atoms with van der Waals surface area (Å²) >= 11 is 7.75. The van der Waals surface area contributed by atoms with E-state index in [0.717, 1.165) is 34.3 Å². The Balaban J connectivity index is 1.27. The van der Waals surface area contributed by atoms with Gasteiger partial charge in [0.15, 0.2) is 11.0 Å². The first-order chi connectivity index (χ1) is 16.8. The van der Waals surface area contributed by atoms with Crippen LogP contribution in [0.5, 0.6) is 0 Å². The summed E-state index contributed by atoms with van der Waals surface area (Å²) in [6.45, 7) is 0.688. The topological polar surface area (TPSA) is 82.5 Å². The highest BCUT2D eigenvalue weighted by Crippen LogP contribution is 2.27. The summed E-state index contributed by atoms with van der Waals surface area (Å²) in [4.78, 5) is 8.51. The van der Waals surface area contributed by atoms with Gasteiger partial charge in [0.25, 0.3) is 0 Å². The van der Waals surface area contributed by atoms with Crippen LogP contribution in [-0.2, 0) is 13.0 Å². The van der Waals surface area contributed by atoms with Crippen molar-refractivity contribution in [2.45, 2.75) is 24.5 Å². The number of aryl methyl sites for hydroxylation is 1. The molecule has 0 radical (unpaired) electrons. The SMILES string of the molecule is Clc1ccc(-c2nnc(SCCCc3nc(-c4ccncc4)no3)n2Cc2ccccc2)cc1. The van der Waals surface area contributed by atoms with Crippen molar-refractivity contribution in [1.29, 1.82) is 0 Å². The van der Waals surface area contributed by atoms with Crippen molar-refractivity contribution in [3.8, 4) is 22.8 Å². The average molecular weight is 489 g/mol. The molecule has 5 aromatic rings. The van der Waals surface area contributed by atoms with Crippen LogP contribution >= 0.6 is 23.4 Å². The molecule has 34 heavy (non-hydrogen) atoms. The molecular weight excluding hydrogens is 468 g/mol. The molecule has 2 aromatic carbocycles.